The Morgan fingerprint density at radius 2 is 1.39 bits per heavy atom. The molecular formula is C24H25N5O2. The molecule has 0 unspecified atom stereocenters. The largest absolute Gasteiger partial charge is 0.345 e. The van der Waals surface area contributed by atoms with E-state index in [1.165, 1.54) is 0 Å². The number of rotatable bonds is 4. The van der Waals surface area contributed by atoms with Crippen molar-refractivity contribution in [2.75, 3.05) is 43.4 Å². The highest BCUT2D eigenvalue weighted by Crippen LogP contribution is 2.23. The van der Waals surface area contributed by atoms with Crippen LogP contribution in [0.5, 0.6) is 0 Å². The zero-order chi connectivity index (χ0) is 21.6. The van der Waals surface area contributed by atoms with Gasteiger partial charge in [-0.2, -0.15) is 0 Å². The lowest BCUT2D eigenvalue weighted by atomic mass is 10.1. The molecule has 2 aromatic carbocycles. The first-order valence-corrected chi connectivity index (χ1v) is 10.3. The van der Waals surface area contributed by atoms with Gasteiger partial charge in [0, 0.05) is 68.2 Å². The molecule has 4 rings (SSSR count). The fourth-order valence-electron chi connectivity index (χ4n) is 3.56. The molecule has 1 N–H and O–H groups in total. The number of nitrogens with one attached hydrogen (secondary N) is 1. The van der Waals surface area contributed by atoms with Gasteiger partial charge < -0.3 is 20.0 Å². The van der Waals surface area contributed by atoms with E-state index >= 15 is 0 Å². The van der Waals surface area contributed by atoms with Crippen LogP contribution in [0.25, 0.3) is 0 Å². The van der Waals surface area contributed by atoms with Crippen LogP contribution in [0, 0.1) is 0 Å². The zero-order valence-corrected chi connectivity index (χ0v) is 17.4. The lowest BCUT2D eigenvalue weighted by Gasteiger charge is -2.34. The first-order valence-electron chi connectivity index (χ1n) is 10.3. The number of anilines is 3. The standard InChI is InChI=1S/C24H25N5O2/c1-27(22-11-13-25-14-12-22)21-9-7-19(8-10-21)23(30)28-15-17-29(18-16-28)24(31)26-20-5-3-2-4-6-20/h2-14H,15-18H2,1H3,(H,26,31). The Morgan fingerprint density at radius 1 is 0.806 bits per heavy atom. The number of nitrogens with zero attached hydrogens (tertiary/aromatic N) is 4. The van der Waals surface area contributed by atoms with E-state index in [-0.39, 0.29) is 11.9 Å². The first-order chi connectivity index (χ1) is 15.1. The molecule has 0 bridgehead atoms. The van der Waals surface area contributed by atoms with E-state index in [4.69, 9.17) is 0 Å². The van der Waals surface area contributed by atoms with Crippen LogP contribution < -0.4 is 10.2 Å². The molecule has 31 heavy (non-hydrogen) atoms. The fraction of sp³-hybridized carbons (Fsp3) is 0.208. The second kappa shape index (κ2) is 9.30. The highest BCUT2D eigenvalue weighted by molar-refractivity contribution is 5.95. The van der Waals surface area contributed by atoms with Crippen LogP contribution in [-0.4, -0.2) is 59.9 Å². The van der Waals surface area contributed by atoms with E-state index in [1.807, 2.05) is 78.7 Å². The van der Waals surface area contributed by atoms with Crippen molar-refractivity contribution < 1.29 is 9.59 Å². The summed E-state index contributed by atoms with van der Waals surface area (Å²) < 4.78 is 0. The average Bonchev–Trinajstić information content (AvgIpc) is 2.84. The number of piperazine rings is 1. The van der Waals surface area contributed by atoms with E-state index in [1.54, 1.807) is 22.2 Å². The van der Waals surface area contributed by atoms with Gasteiger partial charge in [0.25, 0.3) is 5.91 Å². The summed E-state index contributed by atoms with van der Waals surface area (Å²) in [6.45, 7) is 2.04. The molecule has 1 aromatic heterocycles. The van der Waals surface area contributed by atoms with Gasteiger partial charge in [0.05, 0.1) is 0 Å². The second-order valence-electron chi connectivity index (χ2n) is 7.39. The molecule has 7 heteroatoms. The third-order valence-electron chi connectivity index (χ3n) is 5.43. The molecule has 0 aliphatic carbocycles. The quantitative estimate of drug-likeness (QED) is 0.703. The minimum Gasteiger partial charge on any atom is -0.345 e. The van der Waals surface area contributed by atoms with Crippen LogP contribution in [0.1, 0.15) is 10.4 Å². The summed E-state index contributed by atoms with van der Waals surface area (Å²) in [4.78, 5) is 35.0. The van der Waals surface area contributed by atoms with Crippen molar-refractivity contribution in [1.29, 1.82) is 0 Å². The van der Waals surface area contributed by atoms with Crippen molar-refractivity contribution in [3.63, 3.8) is 0 Å². The summed E-state index contributed by atoms with van der Waals surface area (Å²) in [5.74, 6) is -0.0127. The summed E-state index contributed by atoms with van der Waals surface area (Å²) in [6.07, 6.45) is 3.51. The summed E-state index contributed by atoms with van der Waals surface area (Å²) >= 11 is 0. The Balaban J connectivity index is 1.33. The number of carbonyl (C=O) groups excluding carboxylic acids is 2. The average molecular weight is 415 g/mol. The van der Waals surface area contributed by atoms with Crippen LogP contribution in [0.3, 0.4) is 0 Å². The molecule has 1 fully saturated rings. The highest BCUT2D eigenvalue weighted by Gasteiger charge is 2.25. The molecule has 158 valence electrons. The third kappa shape index (κ3) is 4.83. The maximum atomic E-state index is 12.9. The van der Waals surface area contributed by atoms with Gasteiger partial charge >= 0.3 is 6.03 Å². The summed E-state index contributed by atoms with van der Waals surface area (Å²) in [6, 6.07) is 20.7. The molecule has 3 amide bonds. The Hall–Kier alpha value is -3.87. The number of aromatic nitrogens is 1. The van der Waals surface area contributed by atoms with Gasteiger partial charge in [0.2, 0.25) is 0 Å². The van der Waals surface area contributed by atoms with Crippen LogP contribution in [0.4, 0.5) is 21.9 Å². The van der Waals surface area contributed by atoms with Crippen molar-refractivity contribution in [3.05, 3.63) is 84.7 Å². The van der Waals surface area contributed by atoms with E-state index in [0.29, 0.717) is 31.7 Å². The normalized spacial score (nSPS) is 13.6. The summed E-state index contributed by atoms with van der Waals surface area (Å²) in [5, 5.41) is 2.89. The number of hydrogen-bond acceptors (Lipinski definition) is 4. The predicted octanol–water partition coefficient (Wildman–Crippen LogP) is 3.84. The van der Waals surface area contributed by atoms with Gasteiger partial charge in [0.15, 0.2) is 0 Å². The zero-order valence-electron chi connectivity index (χ0n) is 17.4. The van der Waals surface area contributed by atoms with Gasteiger partial charge in [-0.3, -0.25) is 9.78 Å². The Morgan fingerprint density at radius 3 is 2.03 bits per heavy atom. The van der Waals surface area contributed by atoms with E-state index in [9.17, 15) is 9.59 Å². The lowest BCUT2D eigenvalue weighted by Crippen LogP contribution is -2.51. The monoisotopic (exact) mass is 415 g/mol. The second-order valence-corrected chi connectivity index (χ2v) is 7.39. The number of para-hydroxylation sites is 1. The maximum absolute atomic E-state index is 12.9. The SMILES string of the molecule is CN(c1ccncc1)c1ccc(C(=O)N2CCN(C(=O)Nc3ccccc3)CC2)cc1. The maximum Gasteiger partial charge on any atom is 0.321 e. The molecule has 0 atom stereocenters. The van der Waals surface area contributed by atoms with Crippen molar-refractivity contribution in [2.45, 2.75) is 0 Å². The van der Waals surface area contributed by atoms with Crippen LogP contribution in [0.15, 0.2) is 79.1 Å². The first kappa shape index (κ1) is 20.4. The Kier molecular flexibility index (Phi) is 6.12. The summed E-state index contributed by atoms with van der Waals surface area (Å²) in [5.41, 5.74) is 3.43. The van der Waals surface area contributed by atoms with Gasteiger partial charge in [0.1, 0.15) is 0 Å². The van der Waals surface area contributed by atoms with E-state index in [0.717, 1.165) is 17.1 Å². The highest BCUT2D eigenvalue weighted by atomic mass is 16.2. The molecule has 0 saturated carbocycles. The van der Waals surface area contributed by atoms with Crippen LogP contribution in [0.2, 0.25) is 0 Å². The molecule has 1 aliphatic rings. The fourth-order valence-corrected chi connectivity index (χ4v) is 3.56. The van der Waals surface area contributed by atoms with Crippen LogP contribution >= 0.6 is 0 Å². The number of carbonyl (C=O) groups is 2. The predicted molar refractivity (Wildman–Crippen MR) is 122 cm³/mol. The molecular weight excluding hydrogens is 390 g/mol. The number of pyridine rings is 1. The molecule has 0 spiro atoms. The molecule has 0 radical (unpaired) electrons. The van der Waals surface area contributed by atoms with E-state index in [2.05, 4.69) is 10.3 Å². The van der Waals surface area contributed by atoms with Crippen molar-refractivity contribution >= 4 is 29.0 Å². The number of hydrogen-bond donors (Lipinski definition) is 1. The van der Waals surface area contributed by atoms with Gasteiger partial charge in [-0.25, -0.2) is 4.79 Å². The molecule has 1 aliphatic heterocycles. The number of urea groups is 1. The third-order valence-corrected chi connectivity index (χ3v) is 5.43. The minimum absolute atomic E-state index is 0.0127. The number of amides is 3. The van der Waals surface area contributed by atoms with Gasteiger partial charge in [-0.1, -0.05) is 18.2 Å². The lowest BCUT2D eigenvalue weighted by molar-refractivity contribution is 0.0671. The number of benzene rings is 2. The topological polar surface area (TPSA) is 68.8 Å². The minimum atomic E-state index is -0.137. The Bertz CT molecular complexity index is 1020. The molecule has 3 aromatic rings. The van der Waals surface area contributed by atoms with E-state index < -0.39 is 0 Å². The van der Waals surface area contributed by atoms with Crippen molar-refractivity contribution in [1.82, 2.24) is 14.8 Å². The van der Waals surface area contributed by atoms with Crippen molar-refractivity contribution in [2.24, 2.45) is 0 Å². The smallest absolute Gasteiger partial charge is 0.321 e. The molecule has 1 saturated heterocycles. The Labute approximate surface area is 181 Å². The molecule has 2 heterocycles. The van der Waals surface area contributed by atoms with Gasteiger partial charge in [-0.05, 0) is 48.5 Å². The summed E-state index contributed by atoms with van der Waals surface area (Å²) in [7, 11) is 1.98. The van der Waals surface area contributed by atoms with Crippen molar-refractivity contribution in [3.8, 4) is 0 Å². The van der Waals surface area contributed by atoms with Gasteiger partial charge in [-0.15, -0.1) is 0 Å². The molecule has 7 nitrogen and oxygen atoms in total. The van der Waals surface area contributed by atoms with Crippen LogP contribution in [-0.2, 0) is 0 Å².